The molecule has 2 heterocycles. The van der Waals surface area contributed by atoms with Crippen LogP contribution in [0.5, 0.6) is 0 Å². The van der Waals surface area contributed by atoms with Gasteiger partial charge in [0.1, 0.15) is 5.82 Å². The molecule has 0 bridgehead atoms. The van der Waals surface area contributed by atoms with Crippen LogP contribution in [0.25, 0.3) is 22.2 Å². The summed E-state index contributed by atoms with van der Waals surface area (Å²) in [5.41, 5.74) is 4.95. The molecule has 0 amide bonds. The lowest BCUT2D eigenvalue weighted by atomic mass is 10.1. The highest BCUT2D eigenvalue weighted by molar-refractivity contribution is 5.77. The summed E-state index contributed by atoms with van der Waals surface area (Å²) in [5.74, 6) is 0.671. The average Bonchev–Trinajstić information content (AvgIpc) is 2.62. The quantitative estimate of drug-likeness (QED) is 0.621. The number of benzene rings is 2. The highest BCUT2D eigenvalue weighted by Gasteiger charge is 2.05. The minimum absolute atomic E-state index is 0.0961. The van der Waals surface area contributed by atoms with Crippen molar-refractivity contribution in [1.29, 1.82) is 0 Å². The molecule has 0 fully saturated rings. The summed E-state index contributed by atoms with van der Waals surface area (Å²) >= 11 is 0. The molecule has 25 heavy (non-hydrogen) atoms. The van der Waals surface area contributed by atoms with Crippen molar-refractivity contribution in [1.82, 2.24) is 15.0 Å². The number of H-pyrrole nitrogens is 1. The van der Waals surface area contributed by atoms with E-state index in [-0.39, 0.29) is 5.56 Å². The zero-order valence-electron chi connectivity index (χ0n) is 13.9. The molecule has 0 atom stereocenters. The monoisotopic (exact) mass is 327 g/mol. The lowest BCUT2D eigenvalue weighted by Crippen LogP contribution is -2.12. The molecule has 4 rings (SSSR count). The highest BCUT2D eigenvalue weighted by Crippen LogP contribution is 2.19. The van der Waals surface area contributed by atoms with Crippen molar-refractivity contribution in [2.24, 2.45) is 0 Å². The molecular weight excluding hydrogens is 310 g/mol. The van der Waals surface area contributed by atoms with E-state index in [9.17, 15) is 4.79 Å². The van der Waals surface area contributed by atoms with Crippen LogP contribution < -0.4 is 5.56 Å². The Labute approximate surface area is 145 Å². The number of pyridine rings is 1. The Bertz CT molecular complexity index is 1100. The van der Waals surface area contributed by atoms with E-state index < -0.39 is 0 Å². The molecule has 4 aromatic rings. The summed E-state index contributed by atoms with van der Waals surface area (Å²) in [6.07, 6.45) is 2.41. The van der Waals surface area contributed by atoms with Crippen LogP contribution in [0.4, 0.5) is 0 Å². The fourth-order valence-corrected chi connectivity index (χ4v) is 2.90. The minimum atomic E-state index is -0.0961. The fraction of sp³-hybridized carbons (Fsp3) is 0.0952. The number of hydrogen-bond acceptors (Lipinski definition) is 3. The van der Waals surface area contributed by atoms with Gasteiger partial charge in [0.15, 0.2) is 0 Å². The summed E-state index contributed by atoms with van der Waals surface area (Å²) < 4.78 is 0. The summed E-state index contributed by atoms with van der Waals surface area (Å²) in [5, 5.41) is 0.618. The van der Waals surface area contributed by atoms with Gasteiger partial charge >= 0.3 is 0 Å². The van der Waals surface area contributed by atoms with Gasteiger partial charge in [-0.3, -0.25) is 9.78 Å². The highest BCUT2D eigenvalue weighted by atomic mass is 16.1. The van der Waals surface area contributed by atoms with Gasteiger partial charge in [-0.2, -0.15) is 0 Å². The first kappa shape index (κ1) is 15.3. The third-order valence-electron chi connectivity index (χ3n) is 4.20. The van der Waals surface area contributed by atoms with Gasteiger partial charge in [0.25, 0.3) is 5.56 Å². The molecule has 0 spiro atoms. The maximum Gasteiger partial charge on any atom is 0.258 e. The number of rotatable bonds is 3. The number of aryl methyl sites for hydroxylation is 1. The van der Waals surface area contributed by atoms with Crippen LogP contribution in [-0.2, 0) is 6.42 Å². The lowest BCUT2D eigenvalue weighted by molar-refractivity contribution is 0.973. The van der Waals surface area contributed by atoms with E-state index in [2.05, 4.69) is 52.2 Å². The van der Waals surface area contributed by atoms with E-state index >= 15 is 0 Å². The topological polar surface area (TPSA) is 58.6 Å². The molecule has 2 aromatic carbocycles. The van der Waals surface area contributed by atoms with Crippen LogP contribution in [-0.4, -0.2) is 15.0 Å². The van der Waals surface area contributed by atoms with E-state index in [4.69, 9.17) is 0 Å². The zero-order chi connectivity index (χ0) is 17.2. The second-order valence-corrected chi connectivity index (χ2v) is 6.12. The molecule has 122 valence electrons. The van der Waals surface area contributed by atoms with E-state index in [1.807, 2.05) is 30.5 Å². The summed E-state index contributed by atoms with van der Waals surface area (Å²) in [6.45, 7) is 2.06. The van der Waals surface area contributed by atoms with Crippen molar-refractivity contribution in [2.75, 3.05) is 0 Å². The van der Waals surface area contributed by atoms with E-state index in [0.29, 0.717) is 17.6 Å². The van der Waals surface area contributed by atoms with Crippen LogP contribution in [0.3, 0.4) is 0 Å². The Balaban J connectivity index is 1.62. The fourth-order valence-electron chi connectivity index (χ4n) is 2.90. The Morgan fingerprint density at radius 2 is 1.80 bits per heavy atom. The normalized spacial score (nSPS) is 10.9. The maximum absolute atomic E-state index is 12.2. The summed E-state index contributed by atoms with van der Waals surface area (Å²) in [4.78, 5) is 24.0. The van der Waals surface area contributed by atoms with Crippen LogP contribution in [0, 0.1) is 6.92 Å². The molecule has 0 aliphatic heterocycles. The third kappa shape index (κ3) is 3.19. The summed E-state index contributed by atoms with van der Waals surface area (Å²) in [7, 11) is 0. The first-order valence-electron chi connectivity index (χ1n) is 8.19. The number of nitrogens with one attached hydrogen (secondary N) is 1. The van der Waals surface area contributed by atoms with Gasteiger partial charge in [-0.1, -0.05) is 36.4 Å². The Morgan fingerprint density at radius 1 is 1.00 bits per heavy atom. The number of aromatic amines is 1. The largest absolute Gasteiger partial charge is 0.310 e. The predicted octanol–water partition coefficient (Wildman–Crippen LogP) is 3.88. The molecule has 0 saturated heterocycles. The Morgan fingerprint density at radius 3 is 2.60 bits per heavy atom. The number of nitrogens with zero attached hydrogens (tertiary/aromatic N) is 2. The van der Waals surface area contributed by atoms with Crippen LogP contribution in [0.2, 0.25) is 0 Å². The minimum Gasteiger partial charge on any atom is -0.310 e. The molecule has 0 saturated carbocycles. The van der Waals surface area contributed by atoms with Gasteiger partial charge in [0, 0.05) is 18.2 Å². The molecule has 0 aliphatic rings. The van der Waals surface area contributed by atoms with Gasteiger partial charge in [-0.05, 0) is 42.3 Å². The van der Waals surface area contributed by atoms with Crippen LogP contribution >= 0.6 is 0 Å². The first-order chi connectivity index (χ1) is 12.2. The van der Waals surface area contributed by atoms with Crippen molar-refractivity contribution >= 4 is 10.9 Å². The molecule has 0 aliphatic carbocycles. The number of aromatic nitrogens is 3. The maximum atomic E-state index is 12.2. The van der Waals surface area contributed by atoms with Crippen molar-refractivity contribution in [3.63, 3.8) is 0 Å². The van der Waals surface area contributed by atoms with Gasteiger partial charge in [-0.25, -0.2) is 4.98 Å². The van der Waals surface area contributed by atoms with Gasteiger partial charge in [0.05, 0.1) is 16.6 Å². The Hall–Kier alpha value is -3.27. The average molecular weight is 327 g/mol. The Kier molecular flexibility index (Phi) is 3.86. The number of hydrogen-bond donors (Lipinski definition) is 1. The third-order valence-corrected chi connectivity index (χ3v) is 4.20. The molecule has 4 heteroatoms. The zero-order valence-corrected chi connectivity index (χ0v) is 13.9. The lowest BCUT2D eigenvalue weighted by Gasteiger charge is -2.06. The molecular formula is C21H17N3O. The van der Waals surface area contributed by atoms with Crippen molar-refractivity contribution < 1.29 is 0 Å². The van der Waals surface area contributed by atoms with Crippen molar-refractivity contribution in [3.05, 3.63) is 94.2 Å². The van der Waals surface area contributed by atoms with Gasteiger partial charge in [-0.15, -0.1) is 0 Å². The second kappa shape index (κ2) is 6.32. The van der Waals surface area contributed by atoms with Crippen molar-refractivity contribution in [3.8, 4) is 11.3 Å². The number of fused-ring (bicyclic) bond motifs is 1. The second-order valence-electron chi connectivity index (χ2n) is 6.12. The molecule has 4 nitrogen and oxygen atoms in total. The SMILES string of the molecule is Cc1ccnc(-c2ccc(Cc3nc4ccccc4c(=O)[nH]3)cc2)c1. The number of para-hydroxylation sites is 1. The van der Waals surface area contributed by atoms with Crippen LogP contribution in [0.15, 0.2) is 71.7 Å². The van der Waals surface area contributed by atoms with E-state index in [1.54, 1.807) is 6.07 Å². The molecule has 2 aromatic heterocycles. The smallest absolute Gasteiger partial charge is 0.258 e. The van der Waals surface area contributed by atoms with Crippen LogP contribution in [0.1, 0.15) is 17.0 Å². The van der Waals surface area contributed by atoms with Crippen molar-refractivity contribution in [2.45, 2.75) is 13.3 Å². The van der Waals surface area contributed by atoms with Gasteiger partial charge < -0.3 is 4.98 Å². The molecule has 0 radical (unpaired) electrons. The van der Waals surface area contributed by atoms with E-state index in [1.165, 1.54) is 5.56 Å². The van der Waals surface area contributed by atoms with Gasteiger partial charge in [0.2, 0.25) is 0 Å². The summed E-state index contributed by atoms with van der Waals surface area (Å²) in [6, 6.07) is 19.6. The first-order valence-corrected chi connectivity index (χ1v) is 8.19. The van der Waals surface area contributed by atoms with E-state index in [0.717, 1.165) is 22.3 Å². The molecule has 1 N–H and O–H groups in total. The molecule has 0 unspecified atom stereocenters. The standard InChI is InChI=1S/C21H17N3O/c1-14-10-11-22-19(12-14)16-8-6-15(7-9-16)13-20-23-18-5-3-2-4-17(18)21(25)24-20/h2-12H,13H2,1H3,(H,23,24,25). The predicted molar refractivity (Wildman–Crippen MR) is 99.6 cm³/mol.